The molecule has 0 unspecified atom stereocenters. The first-order chi connectivity index (χ1) is 3.71. The Kier molecular flexibility index (Phi) is 10.6. The Balaban J connectivity index is -0.0000000533. The Morgan fingerprint density at radius 2 is 1.09 bits per heavy atom. The van der Waals surface area contributed by atoms with E-state index in [1.165, 1.54) is 0 Å². The summed E-state index contributed by atoms with van der Waals surface area (Å²) >= 11 is 0. The van der Waals surface area contributed by atoms with Gasteiger partial charge in [0.25, 0.3) is 0 Å². The van der Waals surface area contributed by atoms with Crippen LogP contribution in [0.4, 0.5) is 0 Å². The van der Waals surface area contributed by atoms with Crippen molar-refractivity contribution in [3.05, 3.63) is 0 Å². The molecule has 0 saturated carbocycles. The largest absolute Gasteiger partial charge is 1.00 e. The molecule has 0 aromatic rings. The van der Waals surface area contributed by atoms with E-state index < -0.39 is 20.6 Å². The van der Waals surface area contributed by atoms with E-state index in [0.29, 0.717) is 4.13 Å². The molecule has 0 saturated heterocycles. The van der Waals surface area contributed by atoms with Crippen molar-refractivity contribution >= 4 is 20.6 Å². The van der Waals surface area contributed by atoms with E-state index in [1.54, 1.807) is 0 Å². The van der Waals surface area contributed by atoms with E-state index in [4.69, 9.17) is 9.11 Å². The standard InChI is InChI=1S/H3NO6S2.2Na.2H/c2-8(3,4)1-9(5,6)7;;;;/h1H,(H,2,3,4)(H,5,6,7);;;;/q;2*+1;2*-1. The van der Waals surface area contributed by atoms with Crippen LogP contribution in [0.3, 0.4) is 0 Å². The number of hydrogen-bond donors (Lipinski definition) is 3. The van der Waals surface area contributed by atoms with Crippen LogP contribution in [-0.4, -0.2) is 25.9 Å². The maximum atomic E-state index is 9.55. The fourth-order valence-electron chi connectivity index (χ4n) is 0.133. The summed E-state index contributed by atoms with van der Waals surface area (Å²) < 4.78 is 54.1. The Morgan fingerprint density at radius 1 is 0.909 bits per heavy atom. The molecule has 0 heterocycles. The van der Waals surface area contributed by atoms with Gasteiger partial charge in [0.05, 0.1) is 0 Å². The third kappa shape index (κ3) is 18.6. The van der Waals surface area contributed by atoms with Crippen LogP contribution >= 0.6 is 0 Å². The fraction of sp³-hybridized carbons (Fsp3) is 0. The van der Waals surface area contributed by atoms with Crippen molar-refractivity contribution in [3.8, 4) is 0 Å². The first kappa shape index (κ1) is 18.5. The van der Waals surface area contributed by atoms with Gasteiger partial charge in [-0.3, -0.25) is 9.11 Å². The maximum absolute atomic E-state index is 9.55. The van der Waals surface area contributed by atoms with Crippen molar-refractivity contribution in [1.82, 2.24) is 4.13 Å². The quantitative estimate of drug-likeness (QED) is 0.317. The summed E-state index contributed by atoms with van der Waals surface area (Å²) in [5, 5.41) is 0. The van der Waals surface area contributed by atoms with Gasteiger partial charge < -0.3 is 2.85 Å². The minimum atomic E-state index is -4.87. The van der Waals surface area contributed by atoms with Crippen LogP contribution < -0.4 is 63.2 Å². The molecule has 0 fully saturated rings. The summed E-state index contributed by atoms with van der Waals surface area (Å²) in [4.78, 5) is 0. The average Bonchev–Trinajstić information content (AvgIpc) is 1.14. The van der Waals surface area contributed by atoms with E-state index in [9.17, 15) is 16.8 Å². The van der Waals surface area contributed by atoms with Gasteiger partial charge in [-0.25, -0.2) is 0 Å². The number of hydrogen-bond acceptors (Lipinski definition) is 4. The van der Waals surface area contributed by atoms with Crippen molar-refractivity contribution in [1.29, 1.82) is 0 Å². The second kappa shape index (κ2) is 6.27. The number of rotatable bonds is 2. The molecule has 0 bridgehead atoms. The first-order valence-electron chi connectivity index (χ1n) is 1.44. The van der Waals surface area contributed by atoms with Crippen LogP contribution in [0.15, 0.2) is 0 Å². The third-order valence-corrected chi connectivity index (χ3v) is 1.90. The molecule has 0 spiro atoms. The minimum absolute atomic E-state index is 0. The van der Waals surface area contributed by atoms with Gasteiger partial charge in [-0.15, -0.1) is 0 Å². The zero-order valence-corrected chi connectivity index (χ0v) is 11.5. The topological polar surface area (TPSA) is 121 Å². The SMILES string of the molecule is O=S(=O)(O)NS(=O)(=O)O.[H-].[H-].[Na+].[Na+]. The molecule has 60 valence electrons. The van der Waals surface area contributed by atoms with Gasteiger partial charge in [0, 0.05) is 0 Å². The zero-order valence-electron chi connectivity index (χ0n) is 7.84. The summed E-state index contributed by atoms with van der Waals surface area (Å²) in [7, 11) is -9.74. The maximum Gasteiger partial charge on any atom is 1.00 e. The van der Waals surface area contributed by atoms with Gasteiger partial charge in [-0.1, -0.05) is 4.13 Å². The van der Waals surface area contributed by atoms with E-state index in [-0.39, 0.29) is 62.0 Å². The minimum Gasteiger partial charge on any atom is -1.00 e. The van der Waals surface area contributed by atoms with Crippen molar-refractivity contribution in [2.24, 2.45) is 0 Å². The summed E-state index contributed by atoms with van der Waals surface area (Å²) in [6.45, 7) is 0. The molecular formula is H5NNa2O6S2. The average molecular weight is 225 g/mol. The van der Waals surface area contributed by atoms with E-state index in [1.807, 2.05) is 0 Å². The van der Waals surface area contributed by atoms with E-state index >= 15 is 0 Å². The molecular weight excluding hydrogens is 220 g/mol. The van der Waals surface area contributed by atoms with Crippen LogP contribution in [0.5, 0.6) is 0 Å². The Hall–Kier alpha value is 1.78. The number of nitrogens with one attached hydrogen (secondary N) is 1. The van der Waals surface area contributed by atoms with Crippen molar-refractivity contribution in [3.63, 3.8) is 0 Å². The Labute approximate surface area is 111 Å². The van der Waals surface area contributed by atoms with Gasteiger partial charge in [-0.05, 0) is 0 Å². The summed E-state index contributed by atoms with van der Waals surface area (Å²) in [5.41, 5.74) is 0. The molecule has 0 aliphatic heterocycles. The molecule has 0 aliphatic rings. The summed E-state index contributed by atoms with van der Waals surface area (Å²) in [6.07, 6.45) is 0. The molecule has 7 nitrogen and oxygen atoms in total. The predicted molar refractivity (Wildman–Crippen MR) is 28.5 cm³/mol. The second-order valence-electron chi connectivity index (χ2n) is 1.03. The fourth-order valence-corrected chi connectivity index (χ4v) is 1.20. The molecule has 11 heavy (non-hydrogen) atoms. The molecule has 0 amide bonds. The monoisotopic (exact) mass is 225 g/mol. The smallest absolute Gasteiger partial charge is 1.00 e. The Bertz CT molecular complexity index is 252. The normalized spacial score (nSPS) is 11.1. The van der Waals surface area contributed by atoms with Crippen molar-refractivity contribution in [2.45, 2.75) is 0 Å². The van der Waals surface area contributed by atoms with Crippen LogP contribution in [0.2, 0.25) is 0 Å². The Morgan fingerprint density at radius 3 is 1.09 bits per heavy atom. The molecule has 3 N–H and O–H groups in total. The van der Waals surface area contributed by atoms with Crippen LogP contribution in [0, 0.1) is 0 Å². The van der Waals surface area contributed by atoms with Gasteiger partial charge in [0.2, 0.25) is 0 Å². The molecule has 0 radical (unpaired) electrons. The second-order valence-corrected chi connectivity index (χ2v) is 3.60. The molecule has 11 heteroatoms. The summed E-state index contributed by atoms with van der Waals surface area (Å²) in [6, 6.07) is 0. The predicted octanol–water partition coefficient (Wildman–Crippen LogP) is -7.59. The van der Waals surface area contributed by atoms with Crippen molar-refractivity contribution < 1.29 is 87.9 Å². The molecule has 0 rings (SSSR count). The van der Waals surface area contributed by atoms with Crippen LogP contribution in [0.25, 0.3) is 0 Å². The zero-order chi connectivity index (χ0) is 7.71. The van der Waals surface area contributed by atoms with Gasteiger partial charge >= 0.3 is 79.7 Å². The summed E-state index contributed by atoms with van der Waals surface area (Å²) in [5.74, 6) is 0. The van der Waals surface area contributed by atoms with Crippen molar-refractivity contribution in [2.75, 3.05) is 0 Å². The molecule has 0 aliphatic carbocycles. The van der Waals surface area contributed by atoms with Crippen LogP contribution in [-0.2, 0) is 20.6 Å². The van der Waals surface area contributed by atoms with E-state index in [2.05, 4.69) is 0 Å². The molecule has 0 aromatic carbocycles. The molecule has 0 aromatic heterocycles. The van der Waals surface area contributed by atoms with Gasteiger partial charge in [0.15, 0.2) is 0 Å². The third-order valence-electron chi connectivity index (χ3n) is 0.211. The van der Waals surface area contributed by atoms with Crippen LogP contribution in [0.1, 0.15) is 2.85 Å². The van der Waals surface area contributed by atoms with Gasteiger partial charge in [-0.2, -0.15) is 16.8 Å². The van der Waals surface area contributed by atoms with E-state index in [0.717, 1.165) is 0 Å². The molecule has 0 atom stereocenters. The first-order valence-corrected chi connectivity index (χ1v) is 4.32. The van der Waals surface area contributed by atoms with Gasteiger partial charge in [0.1, 0.15) is 0 Å².